The van der Waals surface area contributed by atoms with E-state index in [1.165, 1.54) is 7.11 Å². The lowest BCUT2D eigenvalue weighted by molar-refractivity contribution is 0.163. The van der Waals surface area contributed by atoms with Crippen LogP contribution in [0.2, 0.25) is 0 Å². The molecule has 0 aliphatic rings. The van der Waals surface area contributed by atoms with Crippen molar-refractivity contribution in [1.29, 1.82) is 0 Å². The SMILES string of the molecule is CO[SiH](Cl)Cl.CO[SiH](OC)OC. The fraction of sp³-hybridized carbons (Fsp3) is 1.00. The molecule has 0 heterocycles. The van der Waals surface area contributed by atoms with Crippen LogP contribution in [0.3, 0.4) is 0 Å². The standard InChI is InChI=1S/C3H10O3Si.CH4Cl2OSi/c1-4-7(5-2)6-3;1-4-5(2)3/h7H,1-3H3;5H,1H3. The molecule has 12 heavy (non-hydrogen) atoms. The zero-order valence-corrected chi connectivity index (χ0v) is 11.4. The Kier molecular flexibility index (Phi) is 15.1. The maximum Gasteiger partial charge on any atom is 0.483 e. The van der Waals surface area contributed by atoms with Gasteiger partial charge in [-0.2, -0.15) is 0 Å². The quantitative estimate of drug-likeness (QED) is 0.539. The number of hydrogen-bond donors (Lipinski definition) is 0. The van der Waals surface area contributed by atoms with E-state index in [1.807, 2.05) is 0 Å². The Morgan fingerprint density at radius 3 is 1.00 bits per heavy atom. The van der Waals surface area contributed by atoms with Crippen LogP contribution in [0, 0.1) is 0 Å². The van der Waals surface area contributed by atoms with Crippen LogP contribution < -0.4 is 0 Å². The van der Waals surface area contributed by atoms with Crippen molar-refractivity contribution in [3.8, 4) is 0 Å². The minimum Gasteiger partial charge on any atom is -0.398 e. The van der Waals surface area contributed by atoms with Gasteiger partial charge in [-0.1, -0.05) is 0 Å². The first kappa shape index (κ1) is 15.3. The normalized spacial score (nSPS) is 10.0. The van der Waals surface area contributed by atoms with E-state index in [9.17, 15) is 0 Å². The van der Waals surface area contributed by atoms with Gasteiger partial charge in [-0.3, -0.25) is 0 Å². The maximum absolute atomic E-state index is 5.14. The molecule has 0 fully saturated rings. The summed E-state index contributed by atoms with van der Waals surface area (Å²) in [5, 5.41) is 0. The van der Waals surface area contributed by atoms with E-state index in [1.54, 1.807) is 21.3 Å². The highest BCUT2D eigenvalue weighted by Gasteiger charge is 2.04. The van der Waals surface area contributed by atoms with Gasteiger partial charge in [-0.05, 0) is 0 Å². The Labute approximate surface area is 85.8 Å². The van der Waals surface area contributed by atoms with Crippen molar-refractivity contribution in [2.45, 2.75) is 0 Å². The number of halogens is 2. The second kappa shape index (κ2) is 11.9. The molecule has 4 nitrogen and oxygen atoms in total. The molecule has 0 aliphatic carbocycles. The molecule has 0 unspecified atom stereocenters. The molecular weight excluding hydrogens is 239 g/mol. The molecule has 0 aromatic rings. The summed E-state index contributed by atoms with van der Waals surface area (Å²) in [6, 6.07) is 0. The molecule has 0 saturated carbocycles. The van der Waals surface area contributed by atoms with Crippen molar-refractivity contribution in [3.05, 3.63) is 0 Å². The van der Waals surface area contributed by atoms with Crippen LogP contribution in [-0.2, 0) is 17.7 Å². The predicted octanol–water partition coefficient (Wildman–Crippen LogP) is 0.470. The third kappa shape index (κ3) is 13.4. The highest BCUT2D eigenvalue weighted by Crippen LogP contribution is 1.92. The van der Waals surface area contributed by atoms with E-state index in [0.717, 1.165) is 0 Å². The fourth-order valence-electron chi connectivity index (χ4n) is 0.289. The lowest BCUT2D eigenvalue weighted by Crippen LogP contribution is -2.21. The van der Waals surface area contributed by atoms with Crippen LogP contribution in [0.5, 0.6) is 0 Å². The fourth-order valence-corrected chi connectivity index (χ4v) is 0.866. The smallest absolute Gasteiger partial charge is 0.398 e. The Morgan fingerprint density at radius 2 is 1.00 bits per heavy atom. The summed E-state index contributed by atoms with van der Waals surface area (Å²) in [5.41, 5.74) is 0. The van der Waals surface area contributed by atoms with Crippen LogP contribution >= 0.6 is 22.2 Å². The van der Waals surface area contributed by atoms with Gasteiger partial charge in [0.05, 0.1) is 0 Å². The second-order valence-electron chi connectivity index (χ2n) is 1.49. The molecule has 0 N–H and O–H groups in total. The summed E-state index contributed by atoms with van der Waals surface area (Å²) in [4.78, 5) is 0. The molecule has 0 spiro atoms. The molecule has 0 aliphatic heterocycles. The molecule has 76 valence electrons. The van der Waals surface area contributed by atoms with E-state index in [2.05, 4.69) is 4.43 Å². The Bertz CT molecular complexity index is 77.9. The van der Waals surface area contributed by atoms with Crippen LogP contribution in [-0.4, -0.2) is 45.6 Å². The molecule has 0 amide bonds. The average Bonchev–Trinajstić information content (AvgIpc) is 2.09. The Morgan fingerprint density at radius 1 is 0.750 bits per heavy atom. The van der Waals surface area contributed by atoms with Gasteiger partial charge in [0, 0.05) is 28.4 Å². The zero-order valence-electron chi connectivity index (χ0n) is 7.54. The van der Waals surface area contributed by atoms with Crippen molar-refractivity contribution >= 4 is 39.3 Å². The minimum atomic E-state index is -1.71. The number of hydrogen-bond acceptors (Lipinski definition) is 4. The van der Waals surface area contributed by atoms with Crippen LogP contribution in [0.4, 0.5) is 0 Å². The van der Waals surface area contributed by atoms with Crippen LogP contribution in [0.25, 0.3) is 0 Å². The highest BCUT2D eigenvalue weighted by molar-refractivity contribution is 7.30. The average molecular weight is 253 g/mol. The van der Waals surface area contributed by atoms with Gasteiger partial charge in [0.15, 0.2) is 0 Å². The topological polar surface area (TPSA) is 36.9 Å². The summed E-state index contributed by atoms with van der Waals surface area (Å²) in [6.07, 6.45) is 0. The van der Waals surface area contributed by atoms with Crippen molar-refractivity contribution in [2.24, 2.45) is 0 Å². The summed E-state index contributed by atoms with van der Waals surface area (Å²) >= 11 is 10.3. The maximum atomic E-state index is 5.14. The van der Waals surface area contributed by atoms with Crippen molar-refractivity contribution < 1.29 is 17.7 Å². The van der Waals surface area contributed by atoms with Crippen LogP contribution in [0.1, 0.15) is 0 Å². The van der Waals surface area contributed by atoms with E-state index in [-0.39, 0.29) is 0 Å². The third-order valence-corrected chi connectivity index (χ3v) is 3.34. The lowest BCUT2D eigenvalue weighted by Gasteiger charge is -2.05. The summed E-state index contributed by atoms with van der Waals surface area (Å²) in [6.45, 7) is 0. The molecule has 0 rings (SSSR count). The van der Waals surface area contributed by atoms with Gasteiger partial charge < -0.3 is 17.7 Å². The molecule has 0 saturated heterocycles. The summed E-state index contributed by atoms with van der Waals surface area (Å²) in [7, 11) is 2.84. The molecule has 0 aromatic heterocycles. The van der Waals surface area contributed by atoms with E-state index in [4.69, 9.17) is 35.4 Å². The van der Waals surface area contributed by atoms with Gasteiger partial charge in [-0.15, -0.1) is 22.2 Å². The van der Waals surface area contributed by atoms with E-state index < -0.39 is 17.2 Å². The molecule has 0 aromatic carbocycles. The highest BCUT2D eigenvalue weighted by atomic mass is 35.7. The van der Waals surface area contributed by atoms with E-state index in [0.29, 0.717) is 0 Å². The Hall–Kier alpha value is 0.854. The lowest BCUT2D eigenvalue weighted by atomic mass is 11.8. The summed E-state index contributed by atoms with van der Waals surface area (Å²) < 4.78 is 18.6. The first-order valence-electron chi connectivity index (χ1n) is 3.01. The number of rotatable bonds is 4. The largest absolute Gasteiger partial charge is 0.483 e. The summed E-state index contributed by atoms with van der Waals surface area (Å²) in [5.74, 6) is 0. The van der Waals surface area contributed by atoms with Gasteiger partial charge >= 0.3 is 17.2 Å². The van der Waals surface area contributed by atoms with Crippen molar-refractivity contribution in [2.75, 3.05) is 28.4 Å². The predicted molar refractivity (Wildman–Crippen MR) is 54.0 cm³/mol. The zero-order chi connectivity index (χ0) is 9.98. The van der Waals surface area contributed by atoms with Gasteiger partial charge in [0.2, 0.25) is 0 Å². The van der Waals surface area contributed by atoms with E-state index >= 15 is 0 Å². The first-order valence-corrected chi connectivity index (χ1v) is 8.39. The van der Waals surface area contributed by atoms with Gasteiger partial charge in [0.25, 0.3) is 0 Å². The monoisotopic (exact) mass is 252 g/mol. The van der Waals surface area contributed by atoms with Crippen molar-refractivity contribution in [3.63, 3.8) is 0 Å². The molecule has 0 atom stereocenters. The molecule has 0 radical (unpaired) electrons. The molecular formula is C4H14Cl2O4Si2. The molecule has 0 bridgehead atoms. The third-order valence-electron chi connectivity index (χ3n) is 0.756. The van der Waals surface area contributed by atoms with Gasteiger partial charge in [0.1, 0.15) is 0 Å². The van der Waals surface area contributed by atoms with Crippen LogP contribution in [0.15, 0.2) is 0 Å². The minimum absolute atomic E-state index is 1.50. The van der Waals surface area contributed by atoms with Crippen molar-refractivity contribution in [1.82, 2.24) is 0 Å². The first-order chi connectivity index (χ1) is 5.62. The second-order valence-corrected chi connectivity index (χ2v) is 7.52. The van der Waals surface area contributed by atoms with Gasteiger partial charge in [-0.25, -0.2) is 0 Å². The molecule has 8 heteroatoms. The Balaban J connectivity index is 0.